The van der Waals surface area contributed by atoms with Crippen LogP contribution in [0.2, 0.25) is 0 Å². The van der Waals surface area contributed by atoms with Crippen molar-refractivity contribution in [2.45, 2.75) is 6.04 Å². The number of ether oxygens (including phenoxy) is 1. The first-order chi connectivity index (χ1) is 20.4. The zero-order valence-corrected chi connectivity index (χ0v) is 23.3. The normalized spacial score (nSPS) is 13.8. The van der Waals surface area contributed by atoms with Gasteiger partial charge in [0, 0.05) is 65.4 Å². The van der Waals surface area contributed by atoms with Gasteiger partial charge in [-0.25, -0.2) is 9.37 Å². The lowest BCUT2D eigenvalue weighted by molar-refractivity contribution is 0.260. The second kappa shape index (κ2) is 10.5. The summed E-state index contributed by atoms with van der Waals surface area (Å²) in [5, 5.41) is 9.57. The maximum Gasteiger partial charge on any atom is 0.147 e. The highest BCUT2D eigenvalue weighted by molar-refractivity contribution is 6.00. The Morgan fingerprint density at radius 3 is 2.69 bits per heavy atom. The van der Waals surface area contributed by atoms with E-state index in [1.54, 1.807) is 18.6 Å². The minimum Gasteiger partial charge on any atom is -0.492 e. The number of fused-ring (bicyclic) bond motifs is 2. The molecular weight excluding hydrogens is 533 g/mol. The van der Waals surface area contributed by atoms with E-state index in [0.29, 0.717) is 23.6 Å². The summed E-state index contributed by atoms with van der Waals surface area (Å²) in [4.78, 5) is 21.5. The monoisotopic (exact) mass is 563 g/mol. The molecule has 0 spiro atoms. The molecule has 2 aromatic carbocycles. The second-order valence-corrected chi connectivity index (χ2v) is 10.9. The fourth-order valence-electron chi connectivity index (χ4n) is 5.27. The number of aromatic amines is 2. The van der Waals surface area contributed by atoms with Crippen LogP contribution in [0.4, 0.5) is 10.2 Å². The Labute approximate surface area is 241 Å². The molecule has 0 bridgehead atoms. The molecule has 4 aromatic heterocycles. The first kappa shape index (κ1) is 26.1. The van der Waals surface area contributed by atoms with E-state index >= 15 is 0 Å². The van der Waals surface area contributed by atoms with Crippen LogP contribution in [-0.4, -0.2) is 81.4 Å². The predicted octanol–water partition coefficient (Wildman–Crippen LogP) is 4.46. The van der Waals surface area contributed by atoms with Crippen molar-refractivity contribution in [3.63, 3.8) is 0 Å². The van der Waals surface area contributed by atoms with Crippen molar-refractivity contribution in [2.24, 2.45) is 5.73 Å². The lowest BCUT2D eigenvalue weighted by Crippen LogP contribution is -2.56. The maximum atomic E-state index is 14.6. The molecule has 1 aliphatic rings. The molecule has 10 nitrogen and oxygen atoms in total. The number of hydrogen-bond donors (Lipinski definition) is 3. The first-order valence-electron chi connectivity index (χ1n) is 13.8. The number of halogens is 1. The number of rotatable bonds is 8. The van der Waals surface area contributed by atoms with E-state index in [-0.39, 0.29) is 11.9 Å². The lowest BCUT2D eigenvalue weighted by Gasteiger charge is -2.37. The third kappa shape index (κ3) is 4.93. The van der Waals surface area contributed by atoms with Crippen LogP contribution < -0.4 is 15.4 Å². The van der Waals surface area contributed by atoms with E-state index in [4.69, 9.17) is 15.5 Å². The smallest absolute Gasteiger partial charge is 0.147 e. The maximum absolute atomic E-state index is 14.6. The molecule has 6 aromatic rings. The molecular formula is C31H30FN9O. The van der Waals surface area contributed by atoms with Gasteiger partial charge >= 0.3 is 0 Å². The van der Waals surface area contributed by atoms with E-state index in [0.717, 1.165) is 69.9 Å². The van der Waals surface area contributed by atoms with E-state index < -0.39 is 0 Å². The SMILES string of the molecule is CN(C)CCOc1cc(F)cc(-c2nccc3[nH]c(-c4n[nH]c5ccc(-c6cncc(N7CC(N)C7)n6)cc45)cc23)c1. The Kier molecular flexibility index (Phi) is 6.52. The molecule has 0 saturated carbocycles. The highest BCUT2D eigenvalue weighted by atomic mass is 19.1. The molecule has 11 heteroatoms. The van der Waals surface area contributed by atoms with Gasteiger partial charge in [-0.05, 0) is 50.5 Å². The second-order valence-electron chi connectivity index (χ2n) is 10.9. The number of benzene rings is 2. The minimum absolute atomic E-state index is 0.178. The van der Waals surface area contributed by atoms with Crippen molar-refractivity contribution < 1.29 is 9.13 Å². The molecule has 1 fully saturated rings. The topological polar surface area (TPSA) is 125 Å². The van der Waals surface area contributed by atoms with Gasteiger partial charge in [0.25, 0.3) is 0 Å². The Balaban J connectivity index is 1.24. The van der Waals surface area contributed by atoms with Gasteiger partial charge in [0.1, 0.15) is 29.7 Å². The first-order valence-corrected chi connectivity index (χ1v) is 13.8. The molecule has 5 heterocycles. The molecule has 0 unspecified atom stereocenters. The zero-order valence-electron chi connectivity index (χ0n) is 23.3. The van der Waals surface area contributed by atoms with Crippen LogP contribution >= 0.6 is 0 Å². The zero-order chi connectivity index (χ0) is 28.8. The fourth-order valence-corrected chi connectivity index (χ4v) is 5.27. The summed E-state index contributed by atoms with van der Waals surface area (Å²) >= 11 is 0. The van der Waals surface area contributed by atoms with Gasteiger partial charge in [-0.3, -0.25) is 15.1 Å². The molecule has 1 aliphatic heterocycles. The van der Waals surface area contributed by atoms with Crippen molar-refractivity contribution in [2.75, 3.05) is 45.2 Å². The van der Waals surface area contributed by atoms with Gasteiger partial charge in [-0.1, -0.05) is 6.07 Å². The molecule has 0 radical (unpaired) electrons. The summed E-state index contributed by atoms with van der Waals surface area (Å²) in [6.07, 6.45) is 5.25. The van der Waals surface area contributed by atoms with Crippen molar-refractivity contribution in [1.82, 2.24) is 35.0 Å². The van der Waals surface area contributed by atoms with Crippen LogP contribution in [0.5, 0.6) is 5.75 Å². The summed E-state index contributed by atoms with van der Waals surface area (Å²) in [7, 11) is 3.93. The van der Waals surface area contributed by atoms with Crippen LogP contribution in [0, 0.1) is 5.82 Å². The number of nitrogens with one attached hydrogen (secondary N) is 2. The van der Waals surface area contributed by atoms with E-state index in [1.165, 1.54) is 12.1 Å². The summed E-state index contributed by atoms with van der Waals surface area (Å²) in [5.74, 6) is 0.911. The number of likely N-dealkylation sites (N-methyl/N-ethyl adjacent to an activating group) is 1. The lowest BCUT2D eigenvalue weighted by atomic mass is 10.1. The number of nitrogens with zero attached hydrogens (tertiary/aromatic N) is 6. The fraction of sp³-hybridized carbons (Fsp3) is 0.226. The van der Waals surface area contributed by atoms with Gasteiger partial charge < -0.3 is 25.3 Å². The van der Waals surface area contributed by atoms with E-state index in [1.807, 2.05) is 49.3 Å². The van der Waals surface area contributed by atoms with Gasteiger partial charge in [-0.2, -0.15) is 5.10 Å². The van der Waals surface area contributed by atoms with Crippen molar-refractivity contribution in [3.8, 4) is 39.7 Å². The van der Waals surface area contributed by atoms with Crippen LogP contribution in [-0.2, 0) is 0 Å². The summed E-state index contributed by atoms with van der Waals surface area (Å²) in [6.45, 7) is 2.74. The molecule has 4 N–H and O–H groups in total. The highest BCUT2D eigenvalue weighted by Gasteiger charge is 2.25. The Bertz CT molecular complexity index is 1910. The number of hydrogen-bond acceptors (Lipinski definition) is 8. The Morgan fingerprint density at radius 2 is 1.86 bits per heavy atom. The number of aromatic nitrogens is 6. The third-order valence-electron chi connectivity index (χ3n) is 7.47. The molecule has 1 saturated heterocycles. The number of anilines is 1. The standard InChI is InChI=1S/C31H30FN9O/c1-40(2)7-8-42-22-10-19(9-20(32)12-22)30-24-13-27(36-25(24)5-6-35-30)31-23-11-18(3-4-26(23)38-39-31)28-14-34-15-29(37-28)41-16-21(33)17-41/h3-6,9-15,21,36H,7-8,16-17,33H2,1-2H3,(H,38,39). The molecule has 212 valence electrons. The van der Waals surface area contributed by atoms with E-state index in [9.17, 15) is 4.39 Å². The number of nitrogens with two attached hydrogens (primary N) is 1. The number of H-pyrrole nitrogens is 2. The van der Waals surface area contributed by atoms with Crippen LogP contribution in [0.15, 0.2) is 67.1 Å². The average Bonchev–Trinajstić information content (AvgIpc) is 3.59. The van der Waals surface area contributed by atoms with Gasteiger partial charge in [0.05, 0.1) is 35.0 Å². The largest absolute Gasteiger partial charge is 0.492 e. The van der Waals surface area contributed by atoms with Gasteiger partial charge in [0.2, 0.25) is 0 Å². The van der Waals surface area contributed by atoms with Gasteiger partial charge in [-0.15, -0.1) is 0 Å². The minimum atomic E-state index is -0.378. The summed E-state index contributed by atoms with van der Waals surface area (Å²) in [5.41, 5.74) is 12.3. The Morgan fingerprint density at radius 1 is 1.00 bits per heavy atom. The van der Waals surface area contributed by atoms with Crippen LogP contribution in [0.3, 0.4) is 0 Å². The average molecular weight is 564 g/mol. The summed E-state index contributed by atoms with van der Waals surface area (Å²) < 4.78 is 20.4. The van der Waals surface area contributed by atoms with Crippen molar-refractivity contribution in [1.29, 1.82) is 0 Å². The molecule has 0 aliphatic carbocycles. The Hall–Kier alpha value is -4.87. The van der Waals surface area contributed by atoms with Crippen molar-refractivity contribution in [3.05, 3.63) is 72.9 Å². The molecule has 7 rings (SSSR count). The van der Waals surface area contributed by atoms with Gasteiger partial charge in [0.15, 0.2) is 0 Å². The molecule has 0 atom stereocenters. The van der Waals surface area contributed by atoms with Crippen LogP contribution in [0.25, 0.3) is 55.7 Å². The summed E-state index contributed by atoms with van der Waals surface area (Å²) in [6, 6.07) is 14.9. The quantitative estimate of drug-likeness (QED) is 0.248. The van der Waals surface area contributed by atoms with Crippen LogP contribution in [0.1, 0.15) is 0 Å². The molecule has 42 heavy (non-hydrogen) atoms. The molecule has 0 amide bonds. The van der Waals surface area contributed by atoms with Crippen molar-refractivity contribution >= 4 is 27.6 Å². The third-order valence-corrected chi connectivity index (χ3v) is 7.47. The highest BCUT2D eigenvalue weighted by Crippen LogP contribution is 2.35. The van der Waals surface area contributed by atoms with E-state index in [2.05, 4.69) is 36.1 Å². The predicted molar refractivity (Wildman–Crippen MR) is 162 cm³/mol. The number of pyridine rings is 1.